The van der Waals surface area contributed by atoms with E-state index in [4.69, 9.17) is 0 Å². The quantitative estimate of drug-likeness (QED) is 0.803. The van der Waals surface area contributed by atoms with E-state index in [1.807, 2.05) is 19.1 Å². The van der Waals surface area contributed by atoms with E-state index < -0.39 is 6.10 Å². The van der Waals surface area contributed by atoms with Crippen molar-refractivity contribution in [3.63, 3.8) is 0 Å². The van der Waals surface area contributed by atoms with E-state index in [1.54, 1.807) is 6.20 Å². The molecule has 0 radical (unpaired) electrons. The van der Waals surface area contributed by atoms with Crippen molar-refractivity contribution in [3.05, 3.63) is 29.6 Å². The molecule has 1 rings (SSSR count). The molecule has 0 aliphatic heterocycles. The van der Waals surface area contributed by atoms with Gasteiger partial charge in [0, 0.05) is 29.5 Å². The van der Waals surface area contributed by atoms with Crippen molar-refractivity contribution in [3.8, 4) is 0 Å². The molecule has 0 saturated heterocycles. The van der Waals surface area contributed by atoms with Crippen LogP contribution in [0.3, 0.4) is 0 Å². The van der Waals surface area contributed by atoms with Crippen LogP contribution >= 0.6 is 0 Å². The largest absolute Gasteiger partial charge is 0.387 e. The van der Waals surface area contributed by atoms with Crippen molar-refractivity contribution in [1.82, 2.24) is 10.3 Å². The normalized spacial score (nSPS) is 13.8. The van der Waals surface area contributed by atoms with Crippen LogP contribution in [0.2, 0.25) is 0 Å². The third-order valence-electron chi connectivity index (χ3n) is 3.06. The van der Waals surface area contributed by atoms with Gasteiger partial charge in [0.05, 0.1) is 6.10 Å². The Morgan fingerprint density at radius 3 is 2.75 bits per heavy atom. The number of nitrogens with one attached hydrogen (secondary N) is 1. The molecule has 0 spiro atoms. The molecule has 0 aromatic carbocycles. The minimum Gasteiger partial charge on any atom is -0.387 e. The highest BCUT2D eigenvalue weighted by atomic mass is 16.3. The zero-order chi connectivity index (χ0) is 12.2. The van der Waals surface area contributed by atoms with Crippen LogP contribution in [-0.2, 0) is 0 Å². The van der Waals surface area contributed by atoms with E-state index in [0.717, 1.165) is 17.7 Å². The predicted octanol–water partition coefficient (Wildman–Crippen LogP) is 2.20. The van der Waals surface area contributed by atoms with Crippen LogP contribution in [0.25, 0.3) is 0 Å². The second kappa shape index (κ2) is 5.41. The van der Waals surface area contributed by atoms with Gasteiger partial charge in [-0.05, 0) is 33.3 Å². The summed E-state index contributed by atoms with van der Waals surface area (Å²) in [4.78, 5) is 4.18. The molecule has 2 N–H and O–H groups in total. The molecule has 0 saturated carbocycles. The number of nitrogens with zero attached hydrogens (tertiary/aromatic N) is 1. The Balaban J connectivity index is 2.60. The Kier molecular flexibility index (Phi) is 4.44. The summed E-state index contributed by atoms with van der Waals surface area (Å²) in [5.41, 5.74) is 1.87. The number of aromatic nitrogens is 1. The minimum atomic E-state index is -0.487. The van der Waals surface area contributed by atoms with Gasteiger partial charge in [0.15, 0.2) is 0 Å². The van der Waals surface area contributed by atoms with Gasteiger partial charge < -0.3 is 10.4 Å². The summed E-state index contributed by atoms with van der Waals surface area (Å²) in [5.74, 6) is 0. The first kappa shape index (κ1) is 13.1. The number of hydrogen-bond donors (Lipinski definition) is 2. The molecule has 0 aliphatic carbocycles. The lowest BCUT2D eigenvalue weighted by Crippen LogP contribution is -2.41. The summed E-state index contributed by atoms with van der Waals surface area (Å²) in [5, 5.41) is 13.4. The monoisotopic (exact) mass is 222 g/mol. The Labute approximate surface area is 97.9 Å². The number of aryl methyl sites for hydroxylation is 1. The lowest BCUT2D eigenvalue weighted by molar-refractivity contribution is 0.159. The molecule has 0 aliphatic rings. The minimum absolute atomic E-state index is 0.0666. The highest BCUT2D eigenvalue weighted by Crippen LogP contribution is 2.16. The van der Waals surface area contributed by atoms with E-state index in [9.17, 15) is 5.11 Å². The van der Waals surface area contributed by atoms with Gasteiger partial charge in [0.25, 0.3) is 0 Å². The molecule has 0 unspecified atom stereocenters. The molecule has 90 valence electrons. The van der Waals surface area contributed by atoms with Crippen LogP contribution in [0, 0.1) is 6.92 Å². The molecule has 16 heavy (non-hydrogen) atoms. The number of hydrogen-bond acceptors (Lipinski definition) is 3. The SMILES string of the molecule is CCC(C)(C)NC[C@H](O)c1cccnc1C. The lowest BCUT2D eigenvalue weighted by Gasteiger charge is -2.26. The Bertz CT molecular complexity index is 336. The van der Waals surface area contributed by atoms with Crippen LogP contribution in [-0.4, -0.2) is 22.2 Å². The fourth-order valence-electron chi connectivity index (χ4n) is 1.46. The van der Waals surface area contributed by atoms with Crippen molar-refractivity contribution >= 4 is 0 Å². The third kappa shape index (κ3) is 3.58. The summed E-state index contributed by atoms with van der Waals surface area (Å²) in [6.45, 7) is 8.89. The smallest absolute Gasteiger partial charge is 0.0932 e. The Morgan fingerprint density at radius 2 is 2.19 bits per heavy atom. The predicted molar refractivity (Wildman–Crippen MR) is 66.3 cm³/mol. The zero-order valence-corrected chi connectivity index (χ0v) is 10.6. The third-order valence-corrected chi connectivity index (χ3v) is 3.06. The van der Waals surface area contributed by atoms with E-state index in [2.05, 4.69) is 31.1 Å². The van der Waals surface area contributed by atoms with Crippen LogP contribution in [0.5, 0.6) is 0 Å². The molecule has 3 heteroatoms. The molecule has 1 aromatic rings. The van der Waals surface area contributed by atoms with Gasteiger partial charge in [-0.1, -0.05) is 13.0 Å². The van der Waals surface area contributed by atoms with E-state index in [-0.39, 0.29) is 5.54 Å². The average molecular weight is 222 g/mol. The van der Waals surface area contributed by atoms with E-state index in [1.165, 1.54) is 0 Å². The van der Waals surface area contributed by atoms with Crippen LogP contribution < -0.4 is 5.32 Å². The number of β-amino-alcohol motifs (C(OH)–C–C–N with tert-alkyl or cyclic N) is 1. The average Bonchev–Trinajstić information content (AvgIpc) is 2.27. The Morgan fingerprint density at radius 1 is 1.50 bits per heavy atom. The summed E-state index contributed by atoms with van der Waals surface area (Å²) < 4.78 is 0. The Hall–Kier alpha value is -0.930. The van der Waals surface area contributed by atoms with Crippen molar-refractivity contribution in [2.75, 3.05) is 6.54 Å². The van der Waals surface area contributed by atoms with Crippen molar-refractivity contribution in [2.24, 2.45) is 0 Å². The standard InChI is InChI=1S/C13H22N2O/c1-5-13(3,4)15-9-12(16)11-7-6-8-14-10(11)2/h6-8,12,15-16H,5,9H2,1-4H3/t12-/m0/s1. The summed E-state index contributed by atoms with van der Waals surface area (Å²) in [6, 6.07) is 3.78. The van der Waals surface area contributed by atoms with Gasteiger partial charge in [0.2, 0.25) is 0 Å². The van der Waals surface area contributed by atoms with Crippen molar-refractivity contribution in [1.29, 1.82) is 0 Å². The number of aliphatic hydroxyl groups excluding tert-OH is 1. The number of aliphatic hydroxyl groups is 1. The van der Waals surface area contributed by atoms with Crippen LogP contribution in [0.15, 0.2) is 18.3 Å². The molecule has 0 fully saturated rings. The highest BCUT2D eigenvalue weighted by Gasteiger charge is 2.17. The second-order valence-electron chi connectivity index (χ2n) is 4.81. The lowest BCUT2D eigenvalue weighted by atomic mass is 10.0. The second-order valence-corrected chi connectivity index (χ2v) is 4.81. The van der Waals surface area contributed by atoms with Gasteiger partial charge in [-0.3, -0.25) is 4.98 Å². The maximum absolute atomic E-state index is 10.1. The summed E-state index contributed by atoms with van der Waals surface area (Å²) in [6.07, 6.45) is 2.29. The van der Waals surface area contributed by atoms with Gasteiger partial charge in [-0.2, -0.15) is 0 Å². The molecule has 3 nitrogen and oxygen atoms in total. The zero-order valence-electron chi connectivity index (χ0n) is 10.6. The van der Waals surface area contributed by atoms with Crippen molar-refractivity contribution in [2.45, 2.75) is 45.8 Å². The van der Waals surface area contributed by atoms with Gasteiger partial charge in [-0.25, -0.2) is 0 Å². The topological polar surface area (TPSA) is 45.1 Å². The molecular formula is C13H22N2O. The van der Waals surface area contributed by atoms with Crippen LogP contribution in [0.1, 0.15) is 44.6 Å². The fraction of sp³-hybridized carbons (Fsp3) is 0.615. The maximum atomic E-state index is 10.1. The molecule has 1 heterocycles. The number of rotatable bonds is 5. The van der Waals surface area contributed by atoms with Gasteiger partial charge >= 0.3 is 0 Å². The highest BCUT2D eigenvalue weighted by molar-refractivity contribution is 5.21. The first-order valence-corrected chi connectivity index (χ1v) is 5.81. The van der Waals surface area contributed by atoms with Crippen LogP contribution in [0.4, 0.5) is 0 Å². The molecule has 1 atom stereocenters. The van der Waals surface area contributed by atoms with Gasteiger partial charge in [-0.15, -0.1) is 0 Å². The van der Waals surface area contributed by atoms with Gasteiger partial charge in [0.1, 0.15) is 0 Å². The molecular weight excluding hydrogens is 200 g/mol. The van der Waals surface area contributed by atoms with E-state index >= 15 is 0 Å². The molecule has 0 bridgehead atoms. The van der Waals surface area contributed by atoms with E-state index in [0.29, 0.717) is 6.54 Å². The maximum Gasteiger partial charge on any atom is 0.0932 e. The summed E-state index contributed by atoms with van der Waals surface area (Å²) in [7, 11) is 0. The number of pyridine rings is 1. The van der Waals surface area contributed by atoms with Crippen molar-refractivity contribution < 1.29 is 5.11 Å². The molecule has 0 amide bonds. The first-order valence-electron chi connectivity index (χ1n) is 5.81. The fourth-order valence-corrected chi connectivity index (χ4v) is 1.46. The summed E-state index contributed by atoms with van der Waals surface area (Å²) >= 11 is 0. The first-order chi connectivity index (χ1) is 7.46. The molecule has 1 aromatic heterocycles.